The summed E-state index contributed by atoms with van der Waals surface area (Å²) >= 11 is 3.28. The van der Waals surface area contributed by atoms with Gasteiger partial charge in [0.2, 0.25) is 0 Å². The molecule has 86 valence electrons. The summed E-state index contributed by atoms with van der Waals surface area (Å²) in [6, 6.07) is 4.41. The van der Waals surface area contributed by atoms with Gasteiger partial charge in [0.15, 0.2) is 0 Å². The summed E-state index contributed by atoms with van der Waals surface area (Å²) in [5.74, 6) is -1.53. The summed E-state index contributed by atoms with van der Waals surface area (Å²) in [5.41, 5.74) is 0.616. The molecule has 0 saturated heterocycles. The second-order valence-electron chi connectivity index (χ2n) is 4.78. The molecule has 1 aliphatic carbocycles. The summed E-state index contributed by atoms with van der Waals surface area (Å²) in [4.78, 5) is 11.0. The largest absolute Gasteiger partial charge is 0.481 e. The molecule has 1 N–H and O–H groups in total. The van der Waals surface area contributed by atoms with E-state index in [4.69, 9.17) is 5.11 Å². The van der Waals surface area contributed by atoms with Crippen LogP contribution in [-0.4, -0.2) is 11.1 Å². The first-order valence-electron chi connectivity index (χ1n) is 5.03. The Labute approximate surface area is 102 Å². The van der Waals surface area contributed by atoms with E-state index in [1.54, 1.807) is 6.07 Å². The summed E-state index contributed by atoms with van der Waals surface area (Å²) in [5, 5.41) is 9.08. The molecule has 1 aliphatic rings. The minimum atomic E-state index is -0.786. The van der Waals surface area contributed by atoms with Gasteiger partial charge in [-0.3, -0.25) is 4.79 Å². The maximum atomic E-state index is 12.9. The molecule has 0 bridgehead atoms. The fraction of sp³-hybridized carbons (Fsp3) is 0.417. The number of hydrogen-bond acceptors (Lipinski definition) is 1. The molecule has 4 heteroatoms. The number of aliphatic carboxylic acids is 1. The first-order chi connectivity index (χ1) is 7.35. The summed E-state index contributed by atoms with van der Waals surface area (Å²) in [6.07, 6.45) is 0. The molecule has 0 radical (unpaired) electrons. The van der Waals surface area contributed by atoms with Gasteiger partial charge < -0.3 is 5.11 Å². The molecule has 2 nitrogen and oxygen atoms in total. The van der Waals surface area contributed by atoms with E-state index in [0.717, 1.165) is 5.56 Å². The predicted molar refractivity (Wildman–Crippen MR) is 61.7 cm³/mol. The van der Waals surface area contributed by atoms with E-state index in [0.29, 0.717) is 4.47 Å². The highest BCUT2D eigenvalue weighted by molar-refractivity contribution is 9.10. The minimum Gasteiger partial charge on any atom is -0.481 e. The number of halogens is 2. The molecule has 0 spiro atoms. The lowest BCUT2D eigenvalue weighted by atomic mass is 10.0. The molecule has 1 saturated carbocycles. The first-order valence-corrected chi connectivity index (χ1v) is 5.82. The van der Waals surface area contributed by atoms with E-state index < -0.39 is 5.97 Å². The van der Waals surface area contributed by atoms with Gasteiger partial charge in [-0.15, -0.1) is 0 Å². The highest BCUT2D eigenvalue weighted by Crippen LogP contribution is 2.65. The highest BCUT2D eigenvalue weighted by atomic mass is 79.9. The van der Waals surface area contributed by atoms with Crippen LogP contribution >= 0.6 is 15.9 Å². The van der Waals surface area contributed by atoms with Gasteiger partial charge in [-0.1, -0.05) is 35.8 Å². The summed E-state index contributed by atoms with van der Waals surface area (Å²) < 4.78 is 13.6. The maximum Gasteiger partial charge on any atom is 0.307 e. The Hall–Kier alpha value is -0.900. The zero-order chi connectivity index (χ0) is 12.1. The Kier molecular flexibility index (Phi) is 2.57. The van der Waals surface area contributed by atoms with Crippen LogP contribution in [0, 0.1) is 17.2 Å². The monoisotopic (exact) mass is 286 g/mol. The molecule has 0 amide bonds. The number of carbonyl (C=O) groups is 1. The molecule has 1 aromatic carbocycles. The molecule has 0 aliphatic heterocycles. The molecule has 16 heavy (non-hydrogen) atoms. The Morgan fingerprint density at radius 3 is 2.56 bits per heavy atom. The molecule has 2 unspecified atom stereocenters. The quantitative estimate of drug-likeness (QED) is 0.905. The fourth-order valence-corrected chi connectivity index (χ4v) is 3.03. The summed E-state index contributed by atoms with van der Waals surface area (Å²) in [7, 11) is 0. The SMILES string of the molecule is CC1(C)C(C(=O)O)C1c1ccc(F)cc1Br. The van der Waals surface area contributed by atoms with E-state index in [-0.39, 0.29) is 23.1 Å². The second kappa shape index (κ2) is 3.55. The Bertz CT molecular complexity index is 456. The third kappa shape index (κ3) is 1.65. The van der Waals surface area contributed by atoms with Gasteiger partial charge in [0.05, 0.1) is 5.92 Å². The van der Waals surface area contributed by atoms with Crippen LogP contribution < -0.4 is 0 Å². The van der Waals surface area contributed by atoms with Crippen LogP contribution in [0.5, 0.6) is 0 Å². The molecule has 2 atom stereocenters. The van der Waals surface area contributed by atoms with Crippen LogP contribution in [0.15, 0.2) is 22.7 Å². The molecular weight excluding hydrogens is 275 g/mol. The van der Waals surface area contributed by atoms with Gasteiger partial charge >= 0.3 is 5.97 Å². The van der Waals surface area contributed by atoms with E-state index in [2.05, 4.69) is 15.9 Å². The number of carboxylic acids is 1. The van der Waals surface area contributed by atoms with Crippen LogP contribution in [0.2, 0.25) is 0 Å². The van der Waals surface area contributed by atoms with Crippen molar-refractivity contribution in [1.29, 1.82) is 0 Å². The third-order valence-electron chi connectivity index (χ3n) is 3.39. The number of carboxylic acid groups (broad SMARTS) is 1. The Morgan fingerprint density at radius 2 is 2.12 bits per heavy atom. The zero-order valence-corrected chi connectivity index (χ0v) is 10.6. The summed E-state index contributed by atoms with van der Waals surface area (Å²) in [6.45, 7) is 3.85. The van der Waals surface area contributed by atoms with Gasteiger partial charge in [0, 0.05) is 10.4 Å². The van der Waals surface area contributed by atoms with E-state index >= 15 is 0 Å². The molecule has 0 aromatic heterocycles. The zero-order valence-electron chi connectivity index (χ0n) is 9.00. The smallest absolute Gasteiger partial charge is 0.307 e. The highest BCUT2D eigenvalue weighted by Gasteiger charge is 2.63. The van der Waals surface area contributed by atoms with Gasteiger partial charge in [0.1, 0.15) is 5.82 Å². The van der Waals surface area contributed by atoms with Crippen molar-refractivity contribution in [2.45, 2.75) is 19.8 Å². The number of benzene rings is 1. The van der Waals surface area contributed by atoms with Crippen LogP contribution in [0.3, 0.4) is 0 Å². The Morgan fingerprint density at radius 1 is 1.50 bits per heavy atom. The lowest BCUT2D eigenvalue weighted by Gasteiger charge is -2.05. The van der Waals surface area contributed by atoms with Crippen molar-refractivity contribution in [2.75, 3.05) is 0 Å². The van der Waals surface area contributed by atoms with Crippen LogP contribution in [0.1, 0.15) is 25.3 Å². The van der Waals surface area contributed by atoms with Crippen molar-refractivity contribution in [2.24, 2.45) is 11.3 Å². The van der Waals surface area contributed by atoms with E-state index in [9.17, 15) is 9.18 Å². The van der Waals surface area contributed by atoms with Gasteiger partial charge in [-0.05, 0) is 23.1 Å². The fourth-order valence-electron chi connectivity index (χ4n) is 2.43. The van der Waals surface area contributed by atoms with Crippen molar-refractivity contribution < 1.29 is 14.3 Å². The number of hydrogen-bond donors (Lipinski definition) is 1. The maximum absolute atomic E-state index is 12.9. The second-order valence-corrected chi connectivity index (χ2v) is 5.64. The normalized spacial score (nSPS) is 26.5. The predicted octanol–water partition coefficient (Wildman–Crippen LogP) is 3.41. The van der Waals surface area contributed by atoms with Crippen molar-refractivity contribution in [3.63, 3.8) is 0 Å². The van der Waals surface area contributed by atoms with Crippen LogP contribution in [0.25, 0.3) is 0 Å². The lowest BCUT2D eigenvalue weighted by Crippen LogP contribution is -2.03. The van der Waals surface area contributed by atoms with Crippen LogP contribution in [-0.2, 0) is 4.79 Å². The van der Waals surface area contributed by atoms with E-state index in [1.807, 2.05) is 13.8 Å². The average Bonchev–Trinajstić information content (AvgIpc) is 2.69. The van der Waals surface area contributed by atoms with E-state index in [1.165, 1.54) is 12.1 Å². The van der Waals surface area contributed by atoms with Gasteiger partial charge in [0.25, 0.3) is 0 Å². The third-order valence-corrected chi connectivity index (χ3v) is 4.08. The number of rotatable bonds is 2. The van der Waals surface area contributed by atoms with Crippen molar-refractivity contribution in [3.8, 4) is 0 Å². The van der Waals surface area contributed by atoms with Crippen molar-refractivity contribution in [3.05, 3.63) is 34.1 Å². The van der Waals surface area contributed by atoms with Crippen molar-refractivity contribution >= 4 is 21.9 Å². The first kappa shape index (κ1) is 11.6. The standard InChI is InChI=1S/C12H12BrFO2/c1-12(2)9(10(12)11(15)16)7-4-3-6(14)5-8(7)13/h3-5,9-10H,1-2H3,(H,15,16). The molecule has 1 aromatic rings. The molecular formula is C12H12BrFO2. The molecule has 1 fully saturated rings. The lowest BCUT2D eigenvalue weighted by molar-refractivity contribution is -0.139. The molecule has 0 heterocycles. The molecule has 2 rings (SSSR count). The minimum absolute atomic E-state index is 0.0417. The average molecular weight is 287 g/mol. The Balaban J connectivity index is 2.37. The van der Waals surface area contributed by atoms with Crippen LogP contribution in [0.4, 0.5) is 4.39 Å². The van der Waals surface area contributed by atoms with Gasteiger partial charge in [-0.25, -0.2) is 4.39 Å². The van der Waals surface area contributed by atoms with Crippen molar-refractivity contribution in [1.82, 2.24) is 0 Å². The topological polar surface area (TPSA) is 37.3 Å². The van der Waals surface area contributed by atoms with Gasteiger partial charge in [-0.2, -0.15) is 0 Å².